The van der Waals surface area contributed by atoms with E-state index in [9.17, 15) is 4.79 Å². The number of aliphatic imine (C=N–C) groups is 1. The molecule has 1 atom stereocenters. The van der Waals surface area contributed by atoms with Gasteiger partial charge in [-0.1, -0.05) is 61.0 Å². The minimum atomic E-state index is -0.0254. The molecule has 1 saturated heterocycles. The average molecular weight is 501 g/mol. The molecule has 1 amide bonds. The number of amidine groups is 1. The van der Waals surface area contributed by atoms with Crippen LogP contribution >= 0.6 is 11.8 Å². The summed E-state index contributed by atoms with van der Waals surface area (Å²) in [5, 5.41) is 0.706. The summed E-state index contributed by atoms with van der Waals surface area (Å²) in [5.41, 5.74) is 3.98. The molecule has 1 fully saturated rings. The van der Waals surface area contributed by atoms with E-state index in [1.807, 2.05) is 92.7 Å². The van der Waals surface area contributed by atoms with E-state index in [1.54, 1.807) is 4.90 Å². The molecule has 0 N–H and O–H groups in total. The Morgan fingerprint density at radius 2 is 1.72 bits per heavy atom. The smallest absolute Gasteiger partial charge is 0.266 e. The molecule has 0 spiro atoms. The molecule has 0 aliphatic carbocycles. The van der Waals surface area contributed by atoms with Crippen LogP contribution < -0.4 is 9.47 Å². The van der Waals surface area contributed by atoms with E-state index in [4.69, 9.17) is 14.5 Å². The third-order valence-corrected chi connectivity index (χ3v) is 6.91. The fourth-order valence-corrected chi connectivity index (χ4v) is 4.84. The Labute approximate surface area is 217 Å². The molecule has 0 radical (unpaired) electrons. The molecule has 5 nitrogen and oxygen atoms in total. The first-order chi connectivity index (χ1) is 17.5. The highest BCUT2D eigenvalue weighted by atomic mass is 32.2. The second-order valence-corrected chi connectivity index (χ2v) is 9.70. The number of thioether (sulfide) groups is 1. The molecular formula is C30H32N2O3S. The van der Waals surface area contributed by atoms with Crippen molar-refractivity contribution in [2.24, 2.45) is 4.99 Å². The summed E-state index contributed by atoms with van der Waals surface area (Å²) in [4.78, 5) is 20.7. The quantitative estimate of drug-likeness (QED) is 0.288. The zero-order chi connectivity index (χ0) is 25.5. The summed E-state index contributed by atoms with van der Waals surface area (Å²) in [5.74, 6) is 1.31. The molecule has 36 heavy (non-hydrogen) atoms. The van der Waals surface area contributed by atoms with Crippen LogP contribution in [0.1, 0.15) is 43.9 Å². The van der Waals surface area contributed by atoms with Gasteiger partial charge in [0.15, 0.2) is 16.7 Å². The highest BCUT2D eigenvalue weighted by Crippen LogP contribution is 2.37. The van der Waals surface area contributed by atoms with Crippen molar-refractivity contribution in [3.8, 4) is 11.5 Å². The number of nitrogens with zero attached hydrogens (tertiary/aromatic N) is 2. The van der Waals surface area contributed by atoms with Crippen molar-refractivity contribution in [3.63, 3.8) is 0 Å². The van der Waals surface area contributed by atoms with Crippen LogP contribution in [0.15, 0.2) is 82.7 Å². The largest absolute Gasteiger partial charge is 0.490 e. The van der Waals surface area contributed by atoms with E-state index in [-0.39, 0.29) is 11.9 Å². The third kappa shape index (κ3) is 6.18. The molecule has 1 heterocycles. The summed E-state index contributed by atoms with van der Waals surface area (Å²) in [6.45, 7) is 9.10. The molecule has 1 aliphatic heterocycles. The van der Waals surface area contributed by atoms with Crippen molar-refractivity contribution >= 4 is 34.6 Å². The van der Waals surface area contributed by atoms with Crippen molar-refractivity contribution in [2.75, 3.05) is 6.61 Å². The molecule has 3 aromatic carbocycles. The van der Waals surface area contributed by atoms with E-state index in [2.05, 4.69) is 13.8 Å². The number of amides is 1. The monoisotopic (exact) mass is 500 g/mol. The number of carbonyl (C=O) groups excluding carboxylic acids is 1. The minimum Gasteiger partial charge on any atom is -0.490 e. The van der Waals surface area contributed by atoms with Gasteiger partial charge in [-0.25, -0.2) is 4.99 Å². The minimum absolute atomic E-state index is 0.0254. The van der Waals surface area contributed by atoms with Crippen LogP contribution in [0.4, 0.5) is 5.69 Å². The summed E-state index contributed by atoms with van der Waals surface area (Å²) in [6.07, 6.45) is 2.75. The van der Waals surface area contributed by atoms with Gasteiger partial charge in [0.1, 0.15) is 6.61 Å². The lowest BCUT2D eigenvalue weighted by Crippen LogP contribution is -2.36. The number of hydrogen-bond donors (Lipinski definition) is 0. The van der Waals surface area contributed by atoms with Gasteiger partial charge in [-0.05, 0) is 80.4 Å². The standard InChI is InChI=1S/C30H32N2O3S/c1-5-22(4)32-29(33)28(36-30(32)31-25-15-12-21(3)13-16-25)19-24-14-17-26(27(18-24)34-6-2)35-20-23-10-8-7-9-11-23/h7-19,22H,5-6,20H2,1-4H3/b28-19+,31-30?/t22-/m0/s1. The molecule has 0 bridgehead atoms. The van der Waals surface area contributed by atoms with Crippen molar-refractivity contribution in [2.45, 2.75) is 46.8 Å². The first-order valence-electron chi connectivity index (χ1n) is 12.3. The molecule has 1 aliphatic rings. The van der Waals surface area contributed by atoms with E-state index < -0.39 is 0 Å². The van der Waals surface area contributed by atoms with Gasteiger partial charge in [0.2, 0.25) is 0 Å². The topological polar surface area (TPSA) is 51.1 Å². The predicted molar refractivity (Wildman–Crippen MR) is 149 cm³/mol. The number of benzene rings is 3. The Morgan fingerprint density at radius 1 is 0.972 bits per heavy atom. The van der Waals surface area contributed by atoms with Gasteiger partial charge in [-0.15, -0.1) is 0 Å². The second-order valence-electron chi connectivity index (χ2n) is 8.69. The van der Waals surface area contributed by atoms with Crippen LogP contribution in [0, 0.1) is 6.92 Å². The van der Waals surface area contributed by atoms with Gasteiger partial charge in [-0.2, -0.15) is 0 Å². The summed E-state index contributed by atoms with van der Waals surface area (Å²) in [7, 11) is 0. The summed E-state index contributed by atoms with van der Waals surface area (Å²) < 4.78 is 11.9. The van der Waals surface area contributed by atoms with Gasteiger partial charge in [0.25, 0.3) is 5.91 Å². The number of carbonyl (C=O) groups is 1. The number of aryl methyl sites for hydroxylation is 1. The number of ether oxygens (including phenoxy) is 2. The average Bonchev–Trinajstić information content (AvgIpc) is 3.19. The lowest BCUT2D eigenvalue weighted by Gasteiger charge is -2.22. The van der Waals surface area contributed by atoms with Crippen LogP contribution in [0.3, 0.4) is 0 Å². The zero-order valence-electron chi connectivity index (χ0n) is 21.2. The maximum Gasteiger partial charge on any atom is 0.266 e. The normalized spacial score (nSPS) is 16.6. The van der Waals surface area contributed by atoms with Crippen molar-refractivity contribution in [1.82, 2.24) is 4.90 Å². The number of rotatable bonds is 9. The maximum atomic E-state index is 13.4. The van der Waals surface area contributed by atoms with Gasteiger partial charge in [0.05, 0.1) is 17.2 Å². The molecular weight excluding hydrogens is 468 g/mol. The summed E-state index contributed by atoms with van der Waals surface area (Å²) >= 11 is 1.41. The Balaban J connectivity index is 1.60. The molecule has 3 aromatic rings. The van der Waals surface area contributed by atoms with Gasteiger partial charge in [-0.3, -0.25) is 9.69 Å². The second kappa shape index (κ2) is 12.0. The molecule has 0 saturated carbocycles. The van der Waals surface area contributed by atoms with E-state index in [1.165, 1.54) is 17.3 Å². The molecule has 0 unspecified atom stereocenters. The van der Waals surface area contributed by atoms with Crippen LogP contribution in [0.25, 0.3) is 6.08 Å². The fourth-order valence-electron chi connectivity index (χ4n) is 3.75. The lowest BCUT2D eigenvalue weighted by molar-refractivity contribution is -0.123. The van der Waals surface area contributed by atoms with Crippen molar-refractivity contribution < 1.29 is 14.3 Å². The predicted octanol–water partition coefficient (Wildman–Crippen LogP) is 7.38. The van der Waals surface area contributed by atoms with Crippen LogP contribution in [-0.4, -0.2) is 28.6 Å². The van der Waals surface area contributed by atoms with Crippen molar-refractivity contribution in [3.05, 3.63) is 94.4 Å². The Morgan fingerprint density at radius 3 is 2.42 bits per heavy atom. The van der Waals surface area contributed by atoms with Crippen LogP contribution in [-0.2, 0) is 11.4 Å². The first kappa shape index (κ1) is 25.6. The molecule has 186 valence electrons. The third-order valence-electron chi connectivity index (χ3n) is 5.93. The van der Waals surface area contributed by atoms with Gasteiger partial charge < -0.3 is 9.47 Å². The molecule has 0 aromatic heterocycles. The van der Waals surface area contributed by atoms with Gasteiger partial charge in [0, 0.05) is 6.04 Å². The van der Waals surface area contributed by atoms with Gasteiger partial charge >= 0.3 is 0 Å². The first-order valence-corrected chi connectivity index (χ1v) is 13.1. The Bertz CT molecular complexity index is 1250. The zero-order valence-corrected chi connectivity index (χ0v) is 22.0. The Hall–Kier alpha value is -3.51. The van der Waals surface area contributed by atoms with E-state index >= 15 is 0 Å². The highest BCUT2D eigenvalue weighted by molar-refractivity contribution is 8.18. The molecule has 6 heteroatoms. The highest BCUT2D eigenvalue weighted by Gasteiger charge is 2.36. The van der Waals surface area contributed by atoms with Crippen LogP contribution in [0.2, 0.25) is 0 Å². The molecule has 4 rings (SSSR count). The van der Waals surface area contributed by atoms with Crippen LogP contribution in [0.5, 0.6) is 11.5 Å². The maximum absolute atomic E-state index is 13.4. The Kier molecular flexibility index (Phi) is 8.49. The van der Waals surface area contributed by atoms with E-state index in [0.29, 0.717) is 34.8 Å². The lowest BCUT2D eigenvalue weighted by atomic mass is 10.1. The fraction of sp³-hybridized carbons (Fsp3) is 0.267. The number of hydrogen-bond acceptors (Lipinski definition) is 5. The SMILES string of the molecule is CCOc1cc(/C=C2/SC(=Nc3ccc(C)cc3)N([C@@H](C)CC)C2=O)ccc1OCc1ccccc1. The van der Waals surface area contributed by atoms with E-state index in [0.717, 1.165) is 23.2 Å². The summed E-state index contributed by atoms with van der Waals surface area (Å²) in [6, 6.07) is 23.9. The van der Waals surface area contributed by atoms with Crippen molar-refractivity contribution in [1.29, 1.82) is 0 Å².